The highest BCUT2D eigenvalue weighted by Gasteiger charge is 2.37. The van der Waals surface area contributed by atoms with Crippen molar-refractivity contribution in [2.75, 3.05) is 16.8 Å². The summed E-state index contributed by atoms with van der Waals surface area (Å²) < 4.78 is 24.7. The van der Waals surface area contributed by atoms with Gasteiger partial charge in [0, 0.05) is 18.4 Å². The van der Waals surface area contributed by atoms with Crippen molar-refractivity contribution in [2.45, 2.75) is 25.3 Å². The Morgan fingerprint density at radius 2 is 1.88 bits per heavy atom. The molecule has 1 saturated heterocycles. The predicted octanol–water partition coefficient (Wildman–Crippen LogP) is 3.07. The zero-order valence-corrected chi connectivity index (χ0v) is 18.7. The molecule has 3 aromatic rings. The number of hydrazone groups is 1. The van der Waals surface area contributed by atoms with E-state index in [9.17, 15) is 18.0 Å². The third-order valence-electron chi connectivity index (χ3n) is 5.58. The lowest BCUT2D eigenvalue weighted by Crippen LogP contribution is -2.42. The van der Waals surface area contributed by atoms with Crippen molar-refractivity contribution in [3.8, 4) is 10.6 Å². The summed E-state index contributed by atoms with van der Waals surface area (Å²) in [6, 6.07) is 14.7. The standard InChI is InChI=1S/C22H20N4O4S2/c27-20-10-9-18(25-26(20)14-11-12-32(29,30)13-14)21(28)23-16-6-2-1-5-15(16)22-24-17-7-3-4-8-19(17)31-22/h1-8,14H,9-13H2,(H,23,28)/t14-/m1/s1. The summed E-state index contributed by atoms with van der Waals surface area (Å²) in [6.45, 7) is 0. The summed E-state index contributed by atoms with van der Waals surface area (Å²) in [5.41, 5.74) is 2.51. The number of rotatable bonds is 4. The first-order valence-corrected chi connectivity index (χ1v) is 12.9. The molecule has 0 radical (unpaired) electrons. The number of anilines is 1. The molecule has 3 heterocycles. The lowest BCUT2D eigenvalue weighted by Gasteiger charge is -2.27. The monoisotopic (exact) mass is 468 g/mol. The van der Waals surface area contributed by atoms with Crippen molar-refractivity contribution < 1.29 is 18.0 Å². The summed E-state index contributed by atoms with van der Waals surface area (Å²) in [6.07, 6.45) is 0.680. The smallest absolute Gasteiger partial charge is 0.271 e. The quantitative estimate of drug-likeness (QED) is 0.633. The SMILES string of the molecule is O=C(Nc1ccccc1-c1nc2ccccc2s1)C1=NN([C@@H]2CCS(=O)(=O)C2)C(=O)CC1. The van der Waals surface area contributed by atoms with Crippen LogP contribution in [0.3, 0.4) is 0 Å². The number of aromatic nitrogens is 1. The third-order valence-corrected chi connectivity index (χ3v) is 8.40. The van der Waals surface area contributed by atoms with Gasteiger partial charge in [-0.05, 0) is 30.7 Å². The zero-order chi connectivity index (χ0) is 22.3. The van der Waals surface area contributed by atoms with Crippen LogP contribution in [0.5, 0.6) is 0 Å². The molecule has 1 atom stereocenters. The summed E-state index contributed by atoms with van der Waals surface area (Å²) in [7, 11) is -3.17. The minimum atomic E-state index is -3.17. The second kappa shape index (κ2) is 8.10. The van der Waals surface area contributed by atoms with Gasteiger partial charge in [-0.15, -0.1) is 11.3 Å². The first-order valence-electron chi connectivity index (χ1n) is 10.3. The highest BCUT2D eigenvalue weighted by molar-refractivity contribution is 7.91. The maximum Gasteiger partial charge on any atom is 0.271 e. The molecule has 2 aliphatic rings. The minimum Gasteiger partial charge on any atom is -0.320 e. The number of hydrogen-bond acceptors (Lipinski definition) is 7. The van der Waals surface area contributed by atoms with Gasteiger partial charge in [-0.1, -0.05) is 24.3 Å². The average molecular weight is 469 g/mol. The molecule has 2 amide bonds. The van der Waals surface area contributed by atoms with E-state index in [2.05, 4.69) is 15.4 Å². The normalized spacial score (nSPS) is 20.4. The number of carbonyl (C=O) groups excluding carboxylic acids is 2. The molecule has 0 saturated carbocycles. The Kier molecular flexibility index (Phi) is 5.26. The van der Waals surface area contributed by atoms with Gasteiger partial charge in [0.2, 0.25) is 5.91 Å². The number of thiazole rings is 1. The zero-order valence-electron chi connectivity index (χ0n) is 17.0. The fraction of sp³-hybridized carbons (Fsp3) is 0.273. The summed E-state index contributed by atoms with van der Waals surface area (Å²) in [5.74, 6) is -0.735. The van der Waals surface area contributed by atoms with E-state index in [1.165, 1.54) is 5.01 Å². The molecule has 32 heavy (non-hydrogen) atoms. The van der Waals surface area contributed by atoms with Gasteiger partial charge in [0.05, 0.1) is 33.5 Å². The molecule has 2 aromatic carbocycles. The van der Waals surface area contributed by atoms with Crippen LogP contribution in [0.1, 0.15) is 19.3 Å². The molecule has 164 valence electrons. The number of benzene rings is 2. The molecule has 5 rings (SSSR count). The Morgan fingerprint density at radius 1 is 1.09 bits per heavy atom. The van der Waals surface area contributed by atoms with E-state index in [1.807, 2.05) is 42.5 Å². The number of nitrogens with one attached hydrogen (secondary N) is 1. The second-order valence-corrected chi connectivity index (χ2v) is 11.1. The molecule has 1 fully saturated rings. The number of sulfone groups is 1. The largest absolute Gasteiger partial charge is 0.320 e. The van der Waals surface area contributed by atoms with Crippen LogP contribution in [0, 0.1) is 0 Å². The number of nitrogens with zero attached hydrogens (tertiary/aromatic N) is 3. The van der Waals surface area contributed by atoms with Crippen LogP contribution in [-0.4, -0.2) is 53.5 Å². The van der Waals surface area contributed by atoms with E-state index in [4.69, 9.17) is 0 Å². The van der Waals surface area contributed by atoms with E-state index in [1.54, 1.807) is 17.4 Å². The predicted molar refractivity (Wildman–Crippen MR) is 124 cm³/mol. The Bertz CT molecular complexity index is 1330. The number of para-hydroxylation sites is 2. The lowest BCUT2D eigenvalue weighted by atomic mass is 10.1. The Labute approximate surface area is 188 Å². The molecule has 2 aliphatic heterocycles. The Balaban J connectivity index is 1.40. The van der Waals surface area contributed by atoms with Crippen molar-refractivity contribution in [3.63, 3.8) is 0 Å². The molecule has 1 N–H and O–H groups in total. The summed E-state index contributed by atoms with van der Waals surface area (Å²) >= 11 is 1.54. The average Bonchev–Trinajstić information content (AvgIpc) is 3.37. The Morgan fingerprint density at radius 3 is 2.66 bits per heavy atom. The van der Waals surface area contributed by atoms with Crippen LogP contribution < -0.4 is 5.32 Å². The molecule has 10 heteroatoms. The molecule has 0 unspecified atom stereocenters. The van der Waals surface area contributed by atoms with E-state index in [0.717, 1.165) is 20.8 Å². The van der Waals surface area contributed by atoms with Crippen molar-refractivity contribution in [1.29, 1.82) is 0 Å². The van der Waals surface area contributed by atoms with E-state index < -0.39 is 21.8 Å². The molecule has 1 aromatic heterocycles. The first-order chi connectivity index (χ1) is 15.4. The molecular formula is C22H20N4O4S2. The highest BCUT2D eigenvalue weighted by Crippen LogP contribution is 2.34. The van der Waals surface area contributed by atoms with Crippen LogP contribution in [0.25, 0.3) is 20.8 Å². The molecular weight excluding hydrogens is 448 g/mol. The van der Waals surface area contributed by atoms with Crippen molar-refractivity contribution in [1.82, 2.24) is 9.99 Å². The number of amides is 2. The molecule has 8 nitrogen and oxygen atoms in total. The van der Waals surface area contributed by atoms with Crippen LogP contribution in [0.4, 0.5) is 5.69 Å². The van der Waals surface area contributed by atoms with Gasteiger partial charge in [-0.3, -0.25) is 9.59 Å². The van der Waals surface area contributed by atoms with Crippen LogP contribution in [0.2, 0.25) is 0 Å². The number of fused-ring (bicyclic) bond motifs is 1. The van der Waals surface area contributed by atoms with Crippen molar-refractivity contribution >= 4 is 54.6 Å². The fourth-order valence-electron chi connectivity index (χ4n) is 3.95. The molecule has 0 spiro atoms. The van der Waals surface area contributed by atoms with Crippen LogP contribution in [0.15, 0.2) is 53.6 Å². The van der Waals surface area contributed by atoms with Gasteiger partial charge in [0.15, 0.2) is 9.84 Å². The number of hydrogen-bond donors (Lipinski definition) is 1. The van der Waals surface area contributed by atoms with Crippen molar-refractivity contribution in [3.05, 3.63) is 48.5 Å². The summed E-state index contributed by atoms with van der Waals surface area (Å²) in [4.78, 5) is 30.0. The highest BCUT2D eigenvalue weighted by atomic mass is 32.2. The topological polar surface area (TPSA) is 109 Å². The fourth-order valence-corrected chi connectivity index (χ4v) is 6.65. The molecule has 0 bridgehead atoms. The number of carbonyl (C=O) groups is 2. The minimum absolute atomic E-state index is 0.0358. The van der Waals surface area contributed by atoms with Gasteiger partial charge in [-0.2, -0.15) is 5.10 Å². The third kappa shape index (κ3) is 4.03. The van der Waals surface area contributed by atoms with E-state index >= 15 is 0 Å². The van der Waals surface area contributed by atoms with Crippen LogP contribution >= 0.6 is 11.3 Å². The second-order valence-electron chi connectivity index (χ2n) is 7.83. The molecule has 0 aliphatic carbocycles. The van der Waals surface area contributed by atoms with Gasteiger partial charge in [0.25, 0.3) is 5.91 Å². The first kappa shape index (κ1) is 20.8. The summed E-state index contributed by atoms with van der Waals surface area (Å²) in [5, 5.41) is 9.15. The van der Waals surface area contributed by atoms with Crippen molar-refractivity contribution in [2.24, 2.45) is 5.10 Å². The maximum absolute atomic E-state index is 13.0. The van der Waals surface area contributed by atoms with Gasteiger partial charge in [-0.25, -0.2) is 18.4 Å². The van der Waals surface area contributed by atoms with Gasteiger partial charge < -0.3 is 5.32 Å². The lowest BCUT2D eigenvalue weighted by molar-refractivity contribution is -0.133. The van der Waals surface area contributed by atoms with E-state index in [0.29, 0.717) is 12.1 Å². The van der Waals surface area contributed by atoms with Crippen LogP contribution in [-0.2, 0) is 19.4 Å². The Hall–Kier alpha value is -3.11. The van der Waals surface area contributed by atoms with E-state index in [-0.39, 0.29) is 36.0 Å². The maximum atomic E-state index is 13.0. The van der Waals surface area contributed by atoms with Gasteiger partial charge >= 0.3 is 0 Å². The van der Waals surface area contributed by atoms with Gasteiger partial charge in [0.1, 0.15) is 10.7 Å².